The van der Waals surface area contributed by atoms with E-state index >= 15 is 0 Å². The number of nitrogens with one attached hydrogen (secondary N) is 1. The molecular formula is C21H28Cl2N4O. The van der Waals surface area contributed by atoms with E-state index in [4.69, 9.17) is 10.7 Å². The number of amides is 1. The van der Waals surface area contributed by atoms with Gasteiger partial charge in [0.2, 0.25) is 5.91 Å². The minimum Gasteiger partial charge on any atom is -0.330 e. The molecule has 2 heterocycles. The zero-order chi connectivity index (χ0) is 18.4. The number of unbranched alkanes of at least 4 members (excludes halogenated alkanes) is 3. The first-order chi connectivity index (χ1) is 12.7. The second-order valence-corrected chi connectivity index (χ2v) is 6.63. The van der Waals surface area contributed by atoms with Crippen molar-refractivity contribution in [2.75, 3.05) is 11.9 Å². The van der Waals surface area contributed by atoms with Crippen LogP contribution in [0.1, 0.15) is 37.7 Å². The zero-order valence-electron chi connectivity index (χ0n) is 16.1. The summed E-state index contributed by atoms with van der Waals surface area (Å²) >= 11 is 0. The van der Waals surface area contributed by atoms with E-state index in [2.05, 4.69) is 18.3 Å². The van der Waals surface area contributed by atoms with E-state index in [1.807, 2.05) is 47.1 Å². The normalized spacial score (nSPS) is 10.2. The molecule has 2 aromatic heterocycles. The van der Waals surface area contributed by atoms with Gasteiger partial charge in [-0.1, -0.05) is 31.0 Å². The van der Waals surface area contributed by atoms with E-state index in [0.717, 1.165) is 60.4 Å². The number of imidazole rings is 1. The Morgan fingerprint density at radius 1 is 1.07 bits per heavy atom. The van der Waals surface area contributed by atoms with Gasteiger partial charge in [0, 0.05) is 30.1 Å². The van der Waals surface area contributed by atoms with Crippen molar-refractivity contribution in [2.45, 2.75) is 39.0 Å². The lowest BCUT2D eigenvalue weighted by atomic mass is 10.1. The van der Waals surface area contributed by atoms with E-state index in [1.165, 1.54) is 0 Å². The number of anilines is 1. The van der Waals surface area contributed by atoms with Crippen LogP contribution >= 0.6 is 24.8 Å². The number of carbonyl (C=O) groups excluding carboxylic acids is 1. The number of halogens is 2. The van der Waals surface area contributed by atoms with Crippen molar-refractivity contribution in [3.63, 3.8) is 0 Å². The largest absolute Gasteiger partial charge is 0.330 e. The third-order valence-corrected chi connectivity index (χ3v) is 4.50. The number of nitrogens with two attached hydrogens (primary N) is 1. The highest BCUT2D eigenvalue weighted by molar-refractivity contribution is 5.90. The molecule has 1 aromatic carbocycles. The van der Waals surface area contributed by atoms with Gasteiger partial charge in [0.05, 0.1) is 5.69 Å². The molecule has 0 aliphatic heterocycles. The predicted octanol–water partition coefficient (Wildman–Crippen LogP) is 5.00. The first kappa shape index (κ1) is 24.0. The number of aryl methyl sites for hydroxylation is 1. The molecule has 0 radical (unpaired) electrons. The Hall–Kier alpha value is -2.08. The Labute approximate surface area is 178 Å². The topological polar surface area (TPSA) is 72.4 Å². The minimum atomic E-state index is 0. The molecule has 0 aliphatic rings. The van der Waals surface area contributed by atoms with Crippen LogP contribution in [-0.4, -0.2) is 21.8 Å². The standard InChI is InChI=1S/C21H26N4O.2ClH/c1-16-7-6-14-25-15-19(24-21(16)25)17-9-11-18(12-10-17)23-20(26)8-4-2-3-5-13-22;;/h6-7,9-12,14-15H,2-5,8,13,22H2,1H3,(H,23,26);2*1H. The molecule has 3 rings (SSSR count). The SMILES string of the molecule is Cc1cccn2cc(-c3ccc(NC(=O)CCCCCCN)cc3)nc12.Cl.Cl. The molecule has 5 nitrogen and oxygen atoms in total. The summed E-state index contributed by atoms with van der Waals surface area (Å²) in [7, 11) is 0. The Morgan fingerprint density at radius 2 is 1.79 bits per heavy atom. The van der Waals surface area contributed by atoms with Crippen LogP contribution in [0.3, 0.4) is 0 Å². The van der Waals surface area contributed by atoms with Gasteiger partial charge in [0.1, 0.15) is 5.65 Å². The van der Waals surface area contributed by atoms with Gasteiger partial charge >= 0.3 is 0 Å². The summed E-state index contributed by atoms with van der Waals surface area (Å²) in [6, 6.07) is 11.9. The Morgan fingerprint density at radius 3 is 2.46 bits per heavy atom. The van der Waals surface area contributed by atoms with Gasteiger partial charge in [-0.15, -0.1) is 24.8 Å². The van der Waals surface area contributed by atoms with Crippen LogP contribution in [0.15, 0.2) is 48.8 Å². The van der Waals surface area contributed by atoms with E-state index in [-0.39, 0.29) is 30.7 Å². The summed E-state index contributed by atoms with van der Waals surface area (Å²) in [6.07, 6.45) is 8.67. The summed E-state index contributed by atoms with van der Waals surface area (Å²) in [5, 5.41) is 2.96. The first-order valence-corrected chi connectivity index (χ1v) is 9.22. The van der Waals surface area contributed by atoms with Gasteiger partial charge in [0.15, 0.2) is 0 Å². The molecule has 3 aromatic rings. The number of benzene rings is 1. The number of hydrogen-bond acceptors (Lipinski definition) is 3. The molecule has 0 spiro atoms. The average Bonchev–Trinajstić information content (AvgIpc) is 3.08. The van der Waals surface area contributed by atoms with E-state index < -0.39 is 0 Å². The van der Waals surface area contributed by atoms with Crippen LogP contribution < -0.4 is 11.1 Å². The fourth-order valence-corrected chi connectivity index (χ4v) is 3.02. The van der Waals surface area contributed by atoms with Crippen LogP contribution in [0, 0.1) is 6.92 Å². The zero-order valence-corrected chi connectivity index (χ0v) is 17.7. The third kappa shape index (κ3) is 6.23. The van der Waals surface area contributed by atoms with Gasteiger partial charge in [-0.2, -0.15) is 0 Å². The maximum Gasteiger partial charge on any atom is 0.224 e. The van der Waals surface area contributed by atoms with Crippen LogP contribution in [0.2, 0.25) is 0 Å². The second-order valence-electron chi connectivity index (χ2n) is 6.63. The number of nitrogens with zero attached hydrogens (tertiary/aromatic N) is 2. The molecule has 0 unspecified atom stereocenters. The minimum absolute atomic E-state index is 0. The smallest absolute Gasteiger partial charge is 0.224 e. The number of aromatic nitrogens is 2. The van der Waals surface area contributed by atoms with E-state index in [1.54, 1.807) is 0 Å². The summed E-state index contributed by atoms with van der Waals surface area (Å²) in [6.45, 7) is 2.78. The molecule has 1 amide bonds. The quantitative estimate of drug-likeness (QED) is 0.501. The number of hydrogen-bond donors (Lipinski definition) is 2. The molecule has 28 heavy (non-hydrogen) atoms. The third-order valence-electron chi connectivity index (χ3n) is 4.50. The molecule has 152 valence electrons. The molecule has 0 saturated carbocycles. The summed E-state index contributed by atoms with van der Waals surface area (Å²) in [5.74, 6) is 0.0638. The highest BCUT2D eigenvalue weighted by atomic mass is 35.5. The molecule has 0 saturated heterocycles. The number of rotatable bonds is 8. The summed E-state index contributed by atoms with van der Waals surface area (Å²) in [5.41, 5.74) is 10.4. The maximum absolute atomic E-state index is 12.0. The fourth-order valence-electron chi connectivity index (χ4n) is 3.02. The Kier molecular flexibility index (Phi) is 10.0. The highest BCUT2D eigenvalue weighted by Gasteiger charge is 2.07. The number of carbonyl (C=O) groups is 1. The van der Waals surface area contributed by atoms with E-state index in [9.17, 15) is 4.79 Å². The Balaban J connectivity index is 0.00000196. The lowest BCUT2D eigenvalue weighted by Gasteiger charge is -2.06. The van der Waals surface area contributed by atoms with Crippen LogP contribution in [0.4, 0.5) is 5.69 Å². The summed E-state index contributed by atoms with van der Waals surface area (Å²) in [4.78, 5) is 16.7. The molecule has 7 heteroatoms. The summed E-state index contributed by atoms with van der Waals surface area (Å²) < 4.78 is 2.03. The van der Waals surface area contributed by atoms with Gasteiger partial charge in [0.25, 0.3) is 0 Å². The molecule has 0 aliphatic carbocycles. The van der Waals surface area contributed by atoms with E-state index in [0.29, 0.717) is 6.42 Å². The van der Waals surface area contributed by atoms with Gasteiger partial charge in [-0.3, -0.25) is 4.79 Å². The molecule has 3 N–H and O–H groups in total. The van der Waals surface area contributed by atoms with Crippen molar-refractivity contribution in [1.29, 1.82) is 0 Å². The monoisotopic (exact) mass is 422 g/mol. The van der Waals surface area contributed by atoms with Crippen LogP contribution in [0.25, 0.3) is 16.9 Å². The second kappa shape index (κ2) is 11.7. The Bertz CT molecular complexity index is 878. The van der Waals surface area contributed by atoms with Crippen LogP contribution in [-0.2, 0) is 4.79 Å². The van der Waals surface area contributed by atoms with Crippen LogP contribution in [0.5, 0.6) is 0 Å². The van der Waals surface area contributed by atoms with Crippen molar-refractivity contribution >= 4 is 42.1 Å². The molecule has 0 fully saturated rings. The number of pyridine rings is 1. The lowest BCUT2D eigenvalue weighted by molar-refractivity contribution is -0.116. The van der Waals surface area contributed by atoms with Crippen molar-refractivity contribution in [1.82, 2.24) is 9.38 Å². The molecular weight excluding hydrogens is 395 g/mol. The maximum atomic E-state index is 12.0. The van der Waals surface area contributed by atoms with Gasteiger partial charge < -0.3 is 15.5 Å². The number of fused-ring (bicyclic) bond motifs is 1. The molecule has 0 bridgehead atoms. The van der Waals surface area contributed by atoms with Crippen molar-refractivity contribution in [3.8, 4) is 11.3 Å². The van der Waals surface area contributed by atoms with Crippen molar-refractivity contribution in [2.24, 2.45) is 5.73 Å². The van der Waals surface area contributed by atoms with Gasteiger partial charge in [-0.25, -0.2) is 4.98 Å². The highest BCUT2D eigenvalue weighted by Crippen LogP contribution is 2.22. The molecule has 0 atom stereocenters. The first-order valence-electron chi connectivity index (χ1n) is 9.22. The van der Waals surface area contributed by atoms with Crippen molar-refractivity contribution < 1.29 is 4.79 Å². The van der Waals surface area contributed by atoms with Gasteiger partial charge in [-0.05, 0) is 50.1 Å². The average molecular weight is 423 g/mol. The predicted molar refractivity (Wildman–Crippen MR) is 121 cm³/mol. The fraction of sp³-hybridized carbons (Fsp3) is 0.333. The lowest BCUT2D eigenvalue weighted by Crippen LogP contribution is -2.11. The van der Waals surface area contributed by atoms with Crippen molar-refractivity contribution in [3.05, 3.63) is 54.4 Å².